The van der Waals surface area contributed by atoms with E-state index in [9.17, 15) is 19.1 Å². The summed E-state index contributed by atoms with van der Waals surface area (Å²) in [7, 11) is 0. The predicted octanol–water partition coefficient (Wildman–Crippen LogP) is 5.18. The Morgan fingerprint density at radius 2 is 2.00 bits per heavy atom. The molecule has 0 amide bonds. The van der Waals surface area contributed by atoms with Crippen molar-refractivity contribution in [2.75, 3.05) is 6.61 Å². The van der Waals surface area contributed by atoms with Crippen LogP contribution in [0, 0.1) is 5.82 Å². The molecule has 3 N–H and O–H groups in total. The molecular weight excluding hydrogens is 437 g/mol. The molecule has 0 unspecified atom stereocenters. The molecule has 3 aromatic rings. The number of halogens is 2. The van der Waals surface area contributed by atoms with Gasteiger partial charge in [0.25, 0.3) is 0 Å². The van der Waals surface area contributed by atoms with Crippen molar-refractivity contribution in [1.29, 1.82) is 0 Å². The molecule has 0 radical (unpaired) electrons. The molecule has 0 spiro atoms. The Balaban J connectivity index is 0.000000654. The number of aromatic carboxylic acids is 1. The van der Waals surface area contributed by atoms with Gasteiger partial charge in [0, 0.05) is 19.2 Å². The largest absolute Gasteiger partial charge is 0.489 e. The highest BCUT2D eigenvalue weighted by atomic mass is 35.5. The van der Waals surface area contributed by atoms with Crippen LogP contribution in [0.4, 0.5) is 4.39 Å². The summed E-state index contributed by atoms with van der Waals surface area (Å²) in [6.07, 6.45) is 3.19. The first kappa shape index (κ1) is 25.4. The van der Waals surface area contributed by atoms with Crippen LogP contribution in [0.5, 0.6) is 5.75 Å². The molecular formula is C24H27ClFNO5. The Kier molecular flexibility index (Phi) is 9.23. The molecule has 0 saturated carbocycles. The Morgan fingerprint density at radius 3 is 2.56 bits per heavy atom. The smallest absolute Gasteiger partial charge is 0.341 e. The standard InChI is InChI=1S/C20H17ClFNO4.C4H10O/c1-10(2)27-16-8-11(6-12-4-3-5-15(21)17(12)22)7-13-18(16)23-9-14(19(13)24)20(25)26;1-2-3-4-5/h3-5,7-10H,6H2,1-2H3,(H,23,24)(H,25,26);5H,2-4H2,1H3. The summed E-state index contributed by atoms with van der Waals surface area (Å²) >= 11 is 5.84. The Hall–Kier alpha value is -2.90. The summed E-state index contributed by atoms with van der Waals surface area (Å²) in [5, 5.41) is 17.4. The number of carboxylic acids is 1. The molecule has 2 aromatic carbocycles. The van der Waals surface area contributed by atoms with Gasteiger partial charge in [0.15, 0.2) is 0 Å². The van der Waals surface area contributed by atoms with Crippen LogP contribution in [-0.4, -0.2) is 33.9 Å². The Morgan fingerprint density at radius 1 is 1.28 bits per heavy atom. The number of unbranched alkanes of at least 4 members (excludes halogenated alkanes) is 1. The number of nitrogens with one attached hydrogen (secondary N) is 1. The van der Waals surface area contributed by atoms with E-state index in [1.165, 1.54) is 6.07 Å². The average molecular weight is 464 g/mol. The summed E-state index contributed by atoms with van der Waals surface area (Å²) in [5.74, 6) is -1.46. The first-order valence-corrected chi connectivity index (χ1v) is 10.7. The lowest BCUT2D eigenvalue weighted by Gasteiger charge is -2.15. The predicted molar refractivity (Wildman–Crippen MR) is 124 cm³/mol. The van der Waals surface area contributed by atoms with E-state index in [1.54, 1.807) is 24.3 Å². The average Bonchev–Trinajstić information content (AvgIpc) is 2.72. The molecule has 0 aliphatic heterocycles. The highest BCUT2D eigenvalue weighted by molar-refractivity contribution is 6.30. The van der Waals surface area contributed by atoms with E-state index >= 15 is 0 Å². The maximum atomic E-state index is 14.3. The van der Waals surface area contributed by atoms with Gasteiger partial charge in [-0.3, -0.25) is 4.79 Å². The molecule has 172 valence electrons. The van der Waals surface area contributed by atoms with Crippen LogP contribution >= 0.6 is 11.6 Å². The van der Waals surface area contributed by atoms with Gasteiger partial charge in [-0.15, -0.1) is 0 Å². The number of carboxylic acid groups (broad SMARTS) is 1. The van der Waals surface area contributed by atoms with Crippen LogP contribution in [-0.2, 0) is 6.42 Å². The lowest BCUT2D eigenvalue weighted by atomic mass is 10.0. The highest BCUT2D eigenvalue weighted by Gasteiger charge is 2.17. The Bertz CT molecular complexity index is 1140. The minimum absolute atomic E-state index is 0.0120. The van der Waals surface area contributed by atoms with Crippen LogP contribution < -0.4 is 10.2 Å². The number of aromatic nitrogens is 1. The third-order valence-corrected chi connectivity index (χ3v) is 4.83. The number of rotatable bonds is 7. The van der Waals surface area contributed by atoms with E-state index in [0.29, 0.717) is 29.0 Å². The highest BCUT2D eigenvalue weighted by Crippen LogP contribution is 2.28. The topological polar surface area (TPSA) is 99.6 Å². The molecule has 0 bridgehead atoms. The van der Waals surface area contributed by atoms with E-state index in [2.05, 4.69) is 11.9 Å². The minimum atomic E-state index is -1.32. The number of fused-ring (bicyclic) bond motifs is 1. The number of aromatic amines is 1. The normalized spacial score (nSPS) is 10.7. The van der Waals surface area contributed by atoms with Crippen molar-refractivity contribution < 1.29 is 24.1 Å². The van der Waals surface area contributed by atoms with Crippen LogP contribution in [0.1, 0.15) is 55.1 Å². The van der Waals surface area contributed by atoms with Crippen molar-refractivity contribution in [2.24, 2.45) is 0 Å². The molecule has 0 aliphatic carbocycles. The fraction of sp³-hybridized carbons (Fsp3) is 0.333. The monoisotopic (exact) mass is 463 g/mol. The van der Waals surface area contributed by atoms with Crippen LogP contribution in [0.3, 0.4) is 0 Å². The zero-order valence-electron chi connectivity index (χ0n) is 18.2. The number of hydrogen-bond donors (Lipinski definition) is 3. The number of carbonyl (C=O) groups is 1. The molecule has 0 aliphatic rings. The van der Waals surface area contributed by atoms with Gasteiger partial charge in [0.05, 0.1) is 22.0 Å². The lowest BCUT2D eigenvalue weighted by Crippen LogP contribution is -2.16. The van der Waals surface area contributed by atoms with E-state index in [-0.39, 0.29) is 28.5 Å². The maximum absolute atomic E-state index is 14.3. The minimum Gasteiger partial charge on any atom is -0.489 e. The van der Waals surface area contributed by atoms with E-state index < -0.39 is 17.2 Å². The zero-order chi connectivity index (χ0) is 23.8. The maximum Gasteiger partial charge on any atom is 0.341 e. The van der Waals surface area contributed by atoms with Gasteiger partial charge in [0.2, 0.25) is 5.43 Å². The number of pyridine rings is 1. The fourth-order valence-electron chi connectivity index (χ4n) is 3.03. The van der Waals surface area contributed by atoms with Gasteiger partial charge in [0.1, 0.15) is 17.1 Å². The molecule has 0 saturated heterocycles. The summed E-state index contributed by atoms with van der Waals surface area (Å²) in [6.45, 7) is 6.06. The second kappa shape index (κ2) is 11.6. The molecule has 0 atom stereocenters. The van der Waals surface area contributed by atoms with E-state index in [4.69, 9.17) is 21.4 Å². The summed E-state index contributed by atoms with van der Waals surface area (Å²) in [6, 6.07) is 7.96. The molecule has 1 heterocycles. The van der Waals surface area contributed by atoms with Crippen LogP contribution in [0.15, 0.2) is 41.3 Å². The lowest BCUT2D eigenvalue weighted by molar-refractivity contribution is 0.0695. The van der Waals surface area contributed by atoms with Crippen molar-refractivity contribution in [2.45, 2.75) is 46.1 Å². The fourth-order valence-corrected chi connectivity index (χ4v) is 3.22. The van der Waals surface area contributed by atoms with Gasteiger partial charge in [-0.2, -0.15) is 0 Å². The number of hydrogen-bond acceptors (Lipinski definition) is 4. The molecule has 32 heavy (non-hydrogen) atoms. The Labute approximate surface area is 190 Å². The molecule has 1 aromatic heterocycles. The van der Waals surface area contributed by atoms with Crippen molar-refractivity contribution in [1.82, 2.24) is 4.98 Å². The molecule has 8 heteroatoms. The number of aliphatic hydroxyl groups excluding tert-OH is 1. The van der Waals surface area contributed by atoms with Gasteiger partial charge >= 0.3 is 5.97 Å². The first-order chi connectivity index (χ1) is 15.2. The van der Waals surface area contributed by atoms with E-state index in [1.807, 2.05) is 13.8 Å². The third-order valence-electron chi connectivity index (χ3n) is 4.54. The summed E-state index contributed by atoms with van der Waals surface area (Å²) in [5.41, 5.74) is 0.367. The molecule has 6 nitrogen and oxygen atoms in total. The van der Waals surface area contributed by atoms with Crippen molar-refractivity contribution >= 4 is 28.5 Å². The first-order valence-electron chi connectivity index (χ1n) is 10.3. The zero-order valence-corrected chi connectivity index (χ0v) is 19.0. The molecule has 0 fully saturated rings. The molecule has 3 rings (SSSR count). The number of H-pyrrole nitrogens is 1. The quantitative estimate of drug-likeness (QED) is 0.448. The second-order valence-corrected chi connectivity index (χ2v) is 7.89. The summed E-state index contributed by atoms with van der Waals surface area (Å²) < 4.78 is 20.0. The number of ether oxygens (including phenoxy) is 1. The number of aliphatic hydroxyl groups is 1. The van der Waals surface area contributed by atoms with Gasteiger partial charge in [-0.05, 0) is 49.6 Å². The second-order valence-electron chi connectivity index (χ2n) is 7.49. The van der Waals surface area contributed by atoms with Gasteiger partial charge in [-0.25, -0.2) is 9.18 Å². The van der Waals surface area contributed by atoms with Crippen LogP contribution in [0.2, 0.25) is 5.02 Å². The van der Waals surface area contributed by atoms with Crippen molar-refractivity contribution in [3.05, 3.63) is 74.3 Å². The number of benzene rings is 2. The van der Waals surface area contributed by atoms with E-state index in [0.717, 1.165) is 19.0 Å². The van der Waals surface area contributed by atoms with Crippen LogP contribution in [0.25, 0.3) is 10.9 Å². The van der Waals surface area contributed by atoms with Crippen molar-refractivity contribution in [3.8, 4) is 5.75 Å². The van der Waals surface area contributed by atoms with Gasteiger partial charge < -0.3 is 19.9 Å². The van der Waals surface area contributed by atoms with Gasteiger partial charge in [-0.1, -0.05) is 37.1 Å². The SMILES string of the molecule is CC(C)Oc1cc(Cc2cccc(Cl)c2F)cc2c(=O)c(C(=O)O)c[nH]c12.CCCCO. The summed E-state index contributed by atoms with van der Waals surface area (Å²) in [4.78, 5) is 26.7. The third kappa shape index (κ3) is 6.31. The van der Waals surface area contributed by atoms with Crippen molar-refractivity contribution in [3.63, 3.8) is 0 Å².